The third-order valence-corrected chi connectivity index (χ3v) is 1.58. The van der Waals surface area contributed by atoms with E-state index in [1.165, 1.54) is 13.8 Å². The maximum atomic E-state index is 10.4. The molecule has 0 aliphatic carbocycles. The highest BCUT2D eigenvalue weighted by molar-refractivity contribution is 5.85. The number of carbonyl (C=O) groups excluding carboxylic acids is 1. The van der Waals surface area contributed by atoms with Crippen LogP contribution in [0.15, 0.2) is 11.6 Å². The van der Waals surface area contributed by atoms with Crippen molar-refractivity contribution < 1.29 is 24.2 Å². The van der Waals surface area contributed by atoms with Gasteiger partial charge in [0.05, 0.1) is 13.2 Å². The van der Waals surface area contributed by atoms with Gasteiger partial charge in [-0.25, -0.2) is 4.79 Å². The summed E-state index contributed by atoms with van der Waals surface area (Å²) in [6, 6.07) is 0. The summed E-state index contributed by atoms with van der Waals surface area (Å²) < 4.78 is 9.73. The molecule has 0 saturated heterocycles. The number of carboxylic acid groups (broad SMARTS) is 1. The van der Waals surface area contributed by atoms with E-state index in [0.717, 1.165) is 0 Å². The minimum Gasteiger partial charge on any atom is -0.478 e. The first-order valence-corrected chi connectivity index (χ1v) is 4.65. The number of carboxylic acids is 1. The Labute approximate surface area is 88.7 Å². The molecule has 0 saturated carbocycles. The van der Waals surface area contributed by atoms with Gasteiger partial charge in [-0.05, 0) is 13.3 Å². The van der Waals surface area contributed by atoms with Gasteiger partial charge in [-0.2, -0.15) is 0 Å². The molecule has 86 valence electrons. The molecule has 0 aromatic rings. The Bertz CT molecular complexity index is 244. The van der Waals surface area contributed by atoms with E-state index in [1.807, 2.05) is 0 Å². The minimum atomic E-state index is -0.921. The molecule has 15 heavy (non-hydrogen) atoms. The normalized spacial score (nSPS) is 11.2. The molecule has 0 bridgehead atoms. The van der Waals surface area contributed by atoms with E-state index in [9.17, 15) is 9.59 Å². The summed E-state index contributed by atoms with van der Waals surface area (Å²) in [5, 5.41) is 8.52. The Balaban J connectivity index is 3.36. The summed E-state index contributed by atoms with van der Waals surface area (Å²) in [6.45, 7) is 3.85. The number of rotatable bonds is 7. The number of hydrogen-bond acceptors (Lipinski definition) is 4. The van der Waals surface area contributed by atoms with Gasteiger partial charge < -0.3 is 14.6 Å². The lowest BCUT2D eigenvalue weighted by Gasteiger charge is -2.02. The lowest BCUT2D eigenvalue weighted by Crippen LogP contribution is -2.08. The molecule has 0 aliphatic heterocycles. The zero-order chi connectivity index (χ0) is 11.7. The van der Waals surface area contributed by atoms with Crippen LogP contribution in [0.4, 0.5) is 0 Å². The SMILES string of the molecule is CC(=O)OCCOCC/C=C(\C)C(=O)O. The van der Waals surface area contributed by atoms with E-state index in [4.69, 9.17) is 9.84 Å². The molecule has 0 atom stereocenters. The van der Waals surface area contributed by atoms with Crippen LogP contribution in [0.2, 0.25) is 0 Å². The number of ether oxygens (including phenoxy) is 2. The van der Waals surface area contributed by atoms with Crippen molar-refractivity contribution in [2.24, 2.45) is 0 Å². The van der Waals surface area contributed by atoms with Crippen molar-refractivity contribution in [3.63, 3.8) is 0 Å². The average Bonchev–Trinajstić information content (AvgIpc) is 2.15. The molecule has 0 aromatic carbocycles. The first kappa shape index (κ1) is 13.6. The van der Waals surface area contributed by atoms with Crippen LogP contribution in [0.1, 0.15) is 20.3 Å². The molecule has 5 heteroatoms. The summed E-state index contributed by atoms with van der Waals surface area (Å²) >= 11 is 0. The van der Waals surface area contributed by atoms with E-state index >= 15 is 0 Å². The zero-order valence-corrected chi connectivity index (χ0v) is 8.99. The molecule has 0 spiro atoms. The standard InChI is InChI=1S/C10H16O5/c1-8(10(12)13)4-3-5-14-6-7-15-9(2)11/h4H,3,5-7H2,1-2H3,(H,12,13)/b8-4+. The minimum absolute atomic E-state index is 0.233. The van der Waals surface area contributed by atoms with Crippen molar-refractivity contribution in [3.05, 3.63) is 11.6 Å². The number of aliphatic carboxylic acids is 1. The highest BCUT2D eigenvalue weighted by atomic mass is 16.6. The fourth-order valence-corrected chi connectivity index (χ4v) is 0.792. The van der Waals surface area contributed by atoms with Gasteiger partial charge in [-0.3, -0.25) is 4.79 Å². The summed E-state index contributed by atoms with van der Waals surface area (Å²) in [5.41, 5.74) is 0.304. The molecule has 1 N–H and O–H groups in total. The molecule has 0 aromatic heterocycles. The van der Waals surface area contributed by atoms with Crippen molar-refractivity contribution in [3.8, 4) is 0 Å². The maximum absolute atomic E-state index is 10.4. The molecule has 0 radical (unpaired) electrons. The van der Waals surface area contributed by atoms with Gasteiger partial charge in [0.25, 0.3) is 0 Å². The second kappa shape index (κ2) is 7.99. The number of hydrogen-bond donors (Lipinski definition) is 1. The topological polar surface area (TPSA) is 72.8 Å². The largest absolute Gasteiger partial charge is 0.478 e. The molecule has 0 amide bonds. The monoisotopic (exact) mass is 216 g/mol. The summed E-state index contributed by atoms with van der Waals surface area (Å²) in [6.07, 6.45) is 2.13. The highest BCUT2D eigenvalue weighted by Gasteiger charge is 1.97. The van der Waals surface area contributed by atoms with Crippen LogP contribution in [0.25, 0.3) is 0 Å². The first-order valence-electron chi connectivity index (χ1n) is 4.65. The molecule has 0 aliphatic rings. The van der Waals surface area contributed by atoms with E-state index in [2.05, 4.69) is 4.74 Å². The molecule has 0 unspecified atom stereocenters. The van der Waals surface area contributed by atoms with E-state index < -0.39 is 5.97 Å². The van der Waals surface area contributed by atoms with Gasteiger partial charge in [0.2, 0.25) is 0 Å². The van der Waals surface area contributed by atoms with Crippen molar-refractivity contribution in [1.29, 1.82) is 0 Å². The Hall–Kier alpha value is -1.36. The third kappa shape index (κ3) is 8.96. The van der Waals surface area contributed by atoms with Crippen LogP contribution in [0.3, 0.4) is 0 Å². The lowest BCUT2D eigenvalue weighted by atomic mass is 10.2. The smallest absolute Gasteiger partial charge is 0.330 e. The maximum Gasteiger partial charge on any atom is 0.330 e. The van der Waals surface area contributed by atoms with E-state index in [1.54, 1.807) is 6.08 Å². The summed E-state index contributed by atoms with van der Waals surface area (Å²) in [7, 11) is 0. The predicted molar refractivity (Wildman–Crippen MR) is 53.5 cm³/mol. The average molecular weight is 216 g/mol. The fourth-order valence-electron chi connectivity index (χ4n) is 0.792. The highest BCUT2D eigenvalue weighted by Crippen LogP contribution is 1.95. The van der Waals surface area contributed by atoms with Crippen molar-refractivity contribution in [2.75, 3.05) is 19.8 Å². The van der Waals surface area contributed by atoms with Crippen molar-refractivity contribution >= 4 is 11.9 Å². The zero-order valence-electron chi connectivity index (χ0n) is 8.99. The summed E-state index contributed by atoms with van der Waals surface area (Å²) in [4.78, 5) is 20.7. The van der Waals surface area contributed by atoms with Gasteiger partial charge in [-0.15, -0.1) is 0 Å². The third-order valence-electron chi connectivity index (χ3n) is 1.58. The van der Waals surface area contributed by atoms with Crippen LogP contribution in [0, 0.1) is 0 Å². The van der Waals surface area contributed by atoms with Crippen LogP contribution in [0.5, 0.6) is 0 Å². The van der Waals surface area contributed by atoms with Crippen LogP contribution < -0.4 is 0 Å². The molecule has 5 nitrogen and oxygen atoms in total. The first-order chi connectivity index (χ1) is 7.04. The molecule has 0 heterocycles. The van der Waals surface area contributed by atoms with Crippen LogP contribution in [-0.2, 0) is 19.1 Å². The molecular formula is C10H16O5. The Morgan fingerprint density at radius 2 is 1.87 bits per heavy atom. The van der Waals surface area contributed by atoms with E-state index in [-0.39, 0.29) is 12.6 Å². The quantitative estimate of drug-likeness (QED) is 0.390. The van der Waals surface area contributed by atoms with Crippen LogP contribution in [-0.4, -0.2) is 36.9 Å². The van der Waals surface area contributed by atoms with Gasteiger partial charge in [0, 0.05) is 12.5 Å². The fraction of sp³-hybridized carbons (Fsp3) is 0.600. The molecule has 0 rings (SSSR count). The molecule has 0 fully saturated rings. The Morgan fingerprint density at radius 1 is 1.20 bits per heavy atom. The Kier molecular flexibility index (Phi) is 7.27. The summed E-state index contributed by atoms with van der Waals surface area (Å²) in [5.74, 6) is -1.25. The van der Waals surface area contributed by atoms with Crippen molar-refractivity contribution in [1.82, 2.24) is 0 Å². The number of esters is 1. The van der Waals surface area contributed by atoms with Gasteiger partial charge in [0.15, 0.2) is 0 Å². The van der Waals surface area contributed by atoms with E-state index in [0.29, 0.717) is 25.2 Å². The lowest BCUT2D eigenvalue weighted by molar-refractivity contribution is -0.142. The number of carbonyl (C=O) groups is 2. The second-order valence-electron chi connectivity index (χ2n) is 2.93. The molecular weight excluding hydrogens is 200 g/mol. The van der Waals surface area contributed by atoms with Gasteiger partial charge in [-0.1, -0.05) is 6.08 Å². The second-order valence-corrected chi connectivity index (χ2v) is 2.93. The predicted octanol–water partition coefficient (Wildman–Crippen LogP) is 0.987. The Morgan fingerprint density at radius 3 is 2.40 bits per heavy atom. The van der Waals surface area contributed by atoms with Gasteiger partial charge >= 0.3 is 11.9 Å². The van der Waals surface area contributed by atoms with Crippen molar-refractivity contribution in [2.45, 2.75) is 20.3 Å². The van der Waals surface area contributed by atoms with Gasteiger partial charge in [0.1, 0.15) is 6.61 Å². The van der Waals surface area contributed by atoms with Crippen LogP contribution >= 0.6 is 0 Å².